The second-order valence-electron chi connectivity index (χ2n) is 2.33. The number of nitrogens with zero attached hydrogens (tertiary/aromatic N) is 1. The van der Waals surface area contributed by atoms with Crippen LogP contribution in [0.4, 0.5) is 0 Å². The van der Waals surface area contributed by atoms with Crippen molar-refractivity contribution in [1.82, 2.24) is 0 Å². The zero-order valence-electron chi connectivity index (χ0n) is 6.76. The largest absolute Gasteiger partial charge is 0.491 e. The molecule has 1 rings (SSSR count). The van der Waals surface area contributed by atoms with Crippen molar-refractivity contribution in [3.63, 3.8) is 0 Å². The van der Waals surface area contributed by atoms with Crippen LogP contribution in [0.25, 0.3) is 0 Å². The molecule has 0 amide bonds. The molecule has 68 valence electrons. The lowest BCUT2D eigenvalue weighted by molar-refractivity contribution is 0.327. The van der Waals surface area contributed by atoms with Crippen LogP contribution in [0.2, 0.25) is 10.0 Å². The van der Waals surface area contributed by atoms with E-state index >= 15 is 0 Å². The standard InChI is InChI=1S/C9H7Cl2NO/c10-7-2-3-8(11)9(6-7)13-5-1-4-12/h2-3,6H,1,5H2. The first-order chi connectivity index (χ1) is 6.24. The summed E-state index contributed by atoms with van der Waals surface area (Å²) in [6, 6.07) is 6.94. The number of ether oxygens (including phenoxy) is 1. The van der Waals surface area contributed by atoms with Gasteiger partial charge in [-0.2, -0.15) is 5.26 Å². The number of rotatable bonds is 3. The molecule has 0 spiro atoms. The summed E-state index contributed by atoms with van der Waals surface area (Å²) in [6.07, 6.45) is 0.336. The molecule has 0 unspecified atom stereocenters. The fourth-order valence-corrected chi connectivity index (χ4v) is 1.13. The summed E-state index contributed by atoms with van der Waals surface area (Å²) in [4.78, 5) is 0. The predicted molar refractivity (Wildman–Crippen MR) is 52.2 cm³/mol. The molecule has 0 aliphatic carbocycles. The lowest BCUT2D eigenvalue weighted by Crippen LogP contribution is -1.96. The normalized spacial score (nSPS) is 9.31. The third kappa shape index (κ3) is 3.14. The van der Waals surface area contributed by atoms with Crippen LogP contribution in [-0.4, -0.2) is 6.61 Å². The zero-order valence-corrected chi connectivity index (χ0v) is 8.27. The second-order valence-corrected chi connectivity index (χ2v) is 3.17. The molecule has 0 bridgehead atoms. The molecule has 0 aliphatic heterocycles. The SMILES string of the molecule is N#CCCOc1cc(Cl)ccc1Cl. The number of nitriles is 1. The number of hydrogen-bond acceptors (Lipinski definition) is 2. The van der Waals surface area contributed by atoms with Gasteiger partial charge in [-0.25, -0.2) is 0 Å². The highest BCUT2D eigenvalue weighted by Crippen LogP contribution is 2.27. The number of hydrogen-bond donors (Lipinski definition) is 0. The monoisotopic (exact) mass is 215 g/mol. The van der Waals surface area contributed by atoms with Crippen LogP contribution in [0.1, 0.15) is 6.42 Å². The smallest absolute Gasteiger partial charge is 0.139 e. The summed E-state index contributed by atoms with van der Waals surface area (Å²) in [7, 11) is 0. The summed E-state index contributed by atoms with van der Waals surface area (Å²) in [5.41, 5.74) is 0. The van der Waals surface area contributed by atoms with E-state index in [1.54, 1.807) is 18.2 Å². The predicted octanol–water partition coefficient (Wildman–Crippen LogP) is 3.29. The first-order valence-electron chi connectivity index (χ1n) is 3.69. The molecule has 0 saturated carbocycles. The van der Waals surface area contributed by atoms with Crippen LogP contribution < -0.4 is 4.74 Å². The minimum Gasteiger partial charge on any atom is -0.491 e. The highest BCUT2D eigenvalue weighted by molar-refractivity contribution is 6.34. The van der Waals surface area contributed by atoms with Crippen molar-refractivity contribution < 1.29 is 4.74 Å². The molecule has 13 heavy (non-hydrogen) atoms. The van der Waals surface area contributed by atoms with Gasteiger partial charge in [-0.05, 0) is 12.1 Å². The Bertz CT molecular complexity index is 333. The Hall–Kier alpha value is -0.910. The molecule has 0 aliphatic rings. The van der Waals surface area contributed by atoms with E-state index in [-0.39, 0.29) is 0 Å². The molecule has 0 aromatic heterocycles. The van der Waals surface area contributed by atoms with Crippen LogP contribution in [0, 0.1) is 11.3 Å². The van der Waals surface area contributed by atoms with Gasteiger partial charge >= 0.3 is 0 Å². The maximum atomic E-state index is 8.28. The third-order valence-electron chi connectivity index (χ3n) is 1.36. The molecular weight excluding hydrogens is 209 g/mol. The lowest BCUT2D eigenvalue weighted by atomic mass is 10.3. The Morgan fingerprint density at radius 3 is 2.85 bits per heavy atom. The van der Waals surface area contributed by atoms with Crippen molar-refractivity contribution in [2.24, 2.45) is 0 Å². The first-order valence-corrected chi connectivity index (χ1v) is 4.44. The van der Waals surface area contributed by atoms with Gasteiger partial charge in [0, 0.05) is 11.1 Å². The van der Waals surface area contributed by atoms with Crippen molar-refractivity contribution in [3.05, 3.63) is 28.2 Å². The number of halogens is 2. The van der Waals surface area contributed by atoms with Crippen LogP contribution in [0.15, 0.2) is 18.2 Å². The molecule has 1 aromatic carbocycles. The average Bonchev–Trinajstić information content (AvgIpc) is 2.11. The van der Waals surface area contributed by atoms with Crippen LogP contribution in [-0.2, 0) is 0 Å². The molecule has 1 aromatic rings. The topological polar surface area (TPSA) is 33.0 Å². The maximum absolute atomic E-state index is 8.28. The van der Waals surface area contributed by atoms with E-state index in [2.05, 4.69) is 0 Å². The zero-order chi connectivity index (χ0) is 9.68. The summed E-state index contributed by atoms with van der Waals surface area (Å²) in [6.45, 7) is 0.330. The maximum Gasteiger partial charge on any atom is 0.139 e. The van der Waals surface area contributed by atoms with Gasteiger partial charge in [0.1, 0.15) is 12.4 Å². The molecule has 0 N–H and O–H groups in total. The van der Waals surface area contributed by atoms with Gasteiger partial charge in [0.05, 0.1) is 17.5 Å². The fourth-order valence-electron chi connectivity index (χ4n) is 0.794. The molecule has 0 radical (unpaired) electrons. The minimum absolute atomic E-state index is 0.330. The van der Waals surface area contributed by atoms with Gasteiger partial charge in [0.25, 0.3) is 0 Å². The fraction of sp³-hybridized carbons (Fsp3) is 0.222. The van der Waals surface area contributed by atoms with Gasteiger partial charge in [-0.15, -0.1) is 0 Å². The Morgan fingerprint density at radius 1 is 1.38 bits per heavy atom. The van der Waals surface area contributed by atoms with E-state index in [0.717, 1.165) is 0 Å². The van der Waals surface area contributed by atoms with Crippen molar-refractivity contribution in [3.8, 4) is 11.8 Å². The molecule has 2 nitrogen and oxygen atoms in total. The summed E-state index contributed by atoms with van der Waals surface area (Å²) < 4.78 is 5.22. The van der Waals surface area contributed by atoms with Gasteiger partial charge in [0.15, 0.2) is 0 Å². The molecule has 0 atom stereocenters. The van der Waals surface area contributed by atoms with Crippen molar-refractivity contribution in [1.29, 1.82) is 5.26 Å². The highest BCUT2D eigenvalue weighted by Gasteiger charge is 2.01. The second kappa shape index (κ2) is 4.96. The van der Waals surface area contributed by atoms with Crippen LogP contribution in [0.3, 0.4) is 0 Å². The molecular formula is C9H7Cl2NO. The van der Waals surface area contributed by atoms with Gasteiger partial charge in [-0.1, -0.05) is 23.2 Å². The Morgan fingerprint density at radius 2 is 2.15 bits per heavy atom. The molecule has 4 heteroatoms. The van der Waals surface area contributed by atoms with E-state index in [4.69, 9.17) is 33.2 Å². The number of benzene rings is 1. The lowest BCUT2D eigenvalue weighted by Gasteiger charge is -2.05. The quantitative estimate of drug-likeness (QED) is 0.726. The Labute approximate surface area is 86.6 Å². The average molecular weight is 216 g/mol. The van der Waals surface area contributed by atoms with Crippen molar-refractivity contribution >= 4 is 23.2 Å². The summed E-state index contributed by atoms with van der Waals surface area (Å²) in [5, 5.41) is 9.35. The van der Waals surface area contributed by atoms with E-state index < -0.39 is 0 Å². The van der Waals surface area contributed by atoms with Crippen molar-refractivity contribution in [2.75, 3.05) is 6.61 Å². The van der Waals surface area contributed by atoms with Gasteiger partial charge < -0.3 is 4.74 Å². The van der Waals surface area contributed by atoms with Crippen LogP contribution in [0.5, 0.6) is 5.75 Å². The minimum atomic E-state index is 0.330. The van der Waals surface area contributed by atoms with Gasteiger partial charge in [-0.3, -0.25) is 0 Å². The van der Waals surface area contributed by atoms with Crippen molar-refractivity contribution in [2.45, 2.75) is 6.42 Å². The van der Waals surface area contributed by atoms with E-state index in [0.29, 0.717) is 28.8 Å². The Kier molecular flexibility index (Phi) is 3.88. The van der Waals surface area contributed by atoms with E-state index in [1.807, 2.05) is 6.07 Å². The Balaban J connectivity index is 2.65. The van der Waals surface area contributed by atoms with Crippen LogP contribution >= 0.6 is 23.2 Å². The summed E-state index contributed by atoms with van der Waals surface area (Å²) in [5.74, 6) is 0.518. The van der Waals surface area contributed by atoms with E-state index in [1.165, 1.54) is 0 Å². The van der Waals surface area contributed by atoms with Gasteiger partial charge in [0.2, 0.25) is 0 Å². The highest BCUT2D eigenvalue weighted by atomic mass is 35.5. The first kappa shape index (κ1) is 10.2. The summed E-state index contributed by atoms with van der Waals surface area (Å²) >= 11 is 11.5. The molecule has 0 heterocycles. The third-order valence-corrected chi connectivity index (χ3v) is 1.91. The molecule has 0 saturated heterocycles. The molecule has 0 fully saturated rings. The van der Waals surface area contributed by atoms with E-state index in [9.17, 15) is 0 Å².